The van der Waals surface area contributed by atoms with Gasteiger partial charge in [-0.3, -0.25) is 0 Å². The lowest BCUT2D eigenvalue weighted by Gasteiger charge is -2.03. The van der Waals surface area contributed by atoms with Crippen LogP contribution in [0.1, 0.15) is 25.7 Å². The highest BCUT2D eigenvalue weighted by Crippen LogP contribution is 2.29. The van der Waals surface area contributed by atoms with Gasteiger partial charge in [0.2, 0.25) is 0 Å². The first-order valence-electron chi connectivity index (χ1n) is 5.56. The van der Waals surface area contributed by atoms with Gasteiger partial charge in [-0.25, -0.2) is 4.79 Å². The highest BCUT2D eigenvalue weighted by molar-refractivity contribution is 14.1. The Morgan fingerprint density at radius 3 is 2.50 bits per heavy atom. The molecule has 0 spiro atoms. The van der Waals surface area contributed by atoms with Crippen LogP contribution in [-0.4, -0.2) is 5.97 Å². The number of thiophene rings is 1. The van der Waals surface area contributed by atoms with Crippen molar-refractivity contribution in [2.75, 3.05) is 0 Å². The molecule has 18 heavy (non-hydrogen) atoms. The molecule has 0 unspecified atom stereocenters. The predicted molar refractivity (Wildman–Crippen MR) is 82.1 cm³/mol. The van der Waals surface area contributed by atoms with E-state index in [1.807, 2.05) is 44.2 Å². The van der Waals surface area contributed by atoms with E-state index < -0.39 is 0 Å². The summed E-state index contributed by atoms with van der Waals surface area (Å²) in [5, 5.41) is 0. The number of rotatable bonds is 3. The van der Waals surface area contributed by atoms with Crippen LogP contribution in [0.25, 0.3) is 0 Å². The third-order valence-corrected chi connectivity index (χ3v) is 5.61. The van der Waals surface area contributed by atoms with Crippen molar-refractivity contribution < 1.29 is 9.53 Å². The lowest BCUT2D eigenvalue weighted by molar-refractivity contribution is 0.0477. The summed E-state index contributed by atoms with van der Waals surface area (Å²) < 4.78 is 6.34. The van der Waals surface area contributed by atoms with E-state index in [0.717, 1.165) is 9.13 Å². The van der Waals surface area contributed by atoms with Crippen LogP contribution in [0.3, 0.4) is 0 Å². The molecule has 2 aromatic rings. The van der Waals surface area contributed by atoms with Crippen molar-refractivity contribution in [2.45, 2.75) is 20.5 Å². The van der Waals surface area contributed by atoms with Crippen molar-refractivity contribution >= 4 is 39.9 Å². The molecular formula is C14H13IO2S. The van der Waals surface area contributed by atoms with Crippen molar-refractivity contribution in [1.82, 2.24) is 0 Å². The molecule has 1 heterocycles. The molecule has 4 heteroatoms. The molecule has 0 atom stereocenters. The molecule has 2 nitrogen and oxygen atoms in total. The standard InChI is InChI=1S/C14H13IO2S/c1-9-10(2)18-13(12(9)15)14(16)17-8-11-6-4-3-5-7-11/h3-7H,8H2,1-2H3. The minimum atomic E-state index is -0.232. The third kappa shape index (κ3) is 2.92. The van der Waals surface area contributed by atoms with Gasteiger partial charge in [0, 0.05) is 8.45 Å². The Bertz CT molecular complexity index is 561. The highest BCUT2D eigenvalue weighted by atomic mass is 127. The summed E-state index contributed by atoms with van der Waals surface area (Å²) in [4.78, 5) is 13.9. The topological polar surface area (TPSA) is 26.3 Å². The van der Waals surface area contributed by atoms with E-state index in [1.54, 1.807) is 0 Å². The first-order chi connectivity index (χ1) is 8.59. The number of carbonyl (C=O) groups is 1. The van der Waals surface area contributed by atoms with E-state index in [4.69, 9.17) is 4.74 Å². The van der Waals surface area contributed by atoms with Crippen molar-refractivity contribution in [3.8, 4) is 0 Å². The van der Waals surface area contributed by atoms with Crippen LogP contribution < -0.4 is 0 Å². The maximum Gasteiger partial charge on any atom is 0.349 e. The average Bonchev–Trinajstić information content (AvgIpc) is 2.65. The minimum Gasteiger partial charge on any atom is -0.457 e. The van der Waals surface area contributed by atoms with Crippen LogP contribution in [0.5, 0.6) is 0 Å². The average molecular weight is 372 g/mol. The molecule has 1 aromatic carbocycles. The Kier molecular flexibility index (Phi) is 4.40. The van der Waals surface area contributed by atoms with E-state index in [1.165, 1.54) is 21.8 Å². The van der Waals surface area contributed by atoms with Crippen LogP contribution in [0, 0.1) is 17.4 Å². The number of esters is 1. The highest BCUT2D eigenvalue weighted by Gasteiger charge is 2.18. The summed E-state index contributed by atoms with van der Waals surface area (Å²) in [5.74, 6) is -0.232. The Morgan fingerprint density at radius 2 is 1.94 bits per heavy atom. The Labute approximate surface area is 124 Å². The maximum atomic E-state index is 12.0. The molecule has 0 aliphatic heterocycles. The van der Waals surface area contributed by atoms with E-state index in [9.17, 15) is 4.79 Å². The predicted octanol–water partition coefficient (Wildman–Crippen LogP) is 4.33. The smallest absolute Gasteiger partial charge is 0.349 e. The Morgan fingerprint density at radius 1 is 1.28 bits per heavy atom. The largest absolute Gasteiger partial charge is 0.457 e. The van der Waals surface area contributed by atoms with E-state index in [2.05, 4.69) is 22.6 Å². The lowest BCUT2D eigenvalue weighted by Crippen LogP contribution is -2.04. The first kappa shape index (κ1) is 13.5. The molecule has 0 aliphatic rings. The number of aryl methyl sites for hydroxylation is 1. The zero-order valence-electron chi connectivity index (χ0n) is 10.2. The molecule has 0 saturated carbocycles. The van der Waals surface area contributed by atoms with Crippen LogP contribution >= 0.6 is 33.9 Å². The van der Waals surface area contributed by atoms with Gasteiger partial charge in [0.1, 0.15) is 11.5 Å². The monoisotopic (exact) mass is 372 g/mol. The van der Waals surface area contributed by atoms with E-state index in [0.29, 0.717) is 11.5 Å². The second kappa shape index (κ2) is 5.84. The Hall–Kier alpha value is -0.880. The summed E-state index contributed by atoms with van der Waals surface area (Å²) in [7, 11) is 0. The van der Waals surface area contributed by atoms with E-state index in [-0.39, 0.29) is 5.97 Å². The number of ether oxygens (including phenoxy) is 1. The minimum absolute atomic E-state index is 0.232. The molecule has 0 radical (unpaired) electrons. The summed E-state index contributed by atoms with van der Waals surface area (Å²) >= 11 is 3.71. The third-order valence-electron chi connectivity index (χ3n) is 2.71. The van der Waals surface area contributed by atoms with Crippen LogP contribution in [0.2, 0.25) is 0 Å². The molecule has 0 aliphatic carbocycles. The molecule has 1 aromatic heterocycles. The fourth-order valence-corrected chi connectivity index (χ4v) is 3.60. The van der Waals surface area contributed by atoms with Gasteiger partial charge in [-0.05, 0) is 47.6 Å². The number of carbonyl (C=O) groups excluding carboxylic acids is 1. The van der Waals surface area contributed by atoms with Gasteiger partial charge in [-0.2, -0.15) is 0 Å². The lowest BCUT2D eigenvalue weighted by atomic mass is 10.2. The van der Waals surface area contributed by atoms with Gasteiger partial charge in [0.15, 0.2) is 0 Å². The molecule has 2 rings (SSSR count). The maximum absolute atomic E-state index is 12.0. The number of benzene rings is 1. The second-order valence-corrected chi connectivity index (χ2v) is 6.29. The first-order valence-corrected chi connectivity index (χ1v) is 7.45. The van der Waals surface area contributed by atoms with Crippen LogP contribution in [-0.2, 0) is 11.3 Å². The van der Waals surface area contributed by atoms with Crippen molar-refractivity contribution in [3.05, 3.63) is 54.8 Å². The van der Waals surface area contributed by atoms with E-state index >= 15 is 0 Å². The fourth-order valence-electron chi connectivity index (χ4n) is 1.52. The quantitative estimate of drug-likeness (QED) is 0.592. The zero-order valence-corrected chi connectivity index (χ0v) is 13.2. The Balaban J connectivity index is 2.06. The summed E-state index contributed by atoms with van der Waals surface area (Å²) in [6.45, 7) is 4.38. The normalized spacial score (nSPS) is 10.4. The molecule has 0 amide bonds. The summed E-state index contributed by atoms with van der Waals surface area (Å²) in [5.41, 5.74) is 2.18. The van der Waals surface area contributed by atoms with Gasteiger partial charge < -0.3 is 4.74 Å². The van der Waals surface area contributed by atoms with Crippen LogP contribution in [0.15, 0.2) is 30.3 Å². The molecular weight excluding hydrogens is 359 g/mol. The van der Waals surface area contributed by atoms with Crippen molar-refractivity contribution in [3.63, 3.8) is 0 Å². The van der Waals surface area contributed by atoms with Gasteiger partial charge in [0.05, 0.1) is 0 Å². The van der Waals surface area contributed by atoms with Gasteiger partial charge >= 0.3 is 5.97 Å². The number of hydrogen-bond donors (Lipinski definition) is 0. The van der Waals surface area contributed by atoms with Gasteiger partial charge in [-0.1, -0.05) is 30.3 Å². The summed E-state index contributed by atoms with van der Waals surface area (Å²) in [6, 6.07) is 9.71. The summed E-state index contributed by atoms with van der Waals surface area (Å²) in [6.07, 6.45) is 0. The van der Waals surface area contributed by atoms with Crippen molar-refractivity contribution in [1.29, 1.82) is 0 Å². The molecule has 0 N–H and O–H groups in total. The molecule has 0 fully saturated rings. The molecule has 94 valence electrons. The number of hydrogen-bond acceptors (Lipinski definition) is 3. The second-order valence-electron chi connectivity index (χ2n) is 3.99. The van der Waals surface area contributed by atoms with Gasteiger partial charge in [0.25, 0.3) is 0 Å². The zero-order chi connectivity index (χ0) is 13.1. The van der Waals surface area contributed by atoms with Crippen LogP contribution in [0.4, 0.5) is 0 Å². The fraction of sp³-hybridized carbons (Fsp3) is 0.214. The number of halogens is 1. The van der Waals surface area contributed by atoms with Crippen molar-refractivity contribution in [2.24, 2.45) is 0 Å². The van der Waals surface area contributed by atoms with Gasteiger partial charge in [-0.15, -0.1) is 11.3 Å². The molecule has 0 saturated heterocycles. The molecule has 0 bridgehead atoms. The SMILES string of the molecule is Cc1sc(C(=O)OCc2ccccc2)c(I)c1C.